The van der Waals surface area contributed by atoms with Gasteiger partial charge >= 0.3 is 0 Å². The Kier molecular flexibility index (Phi) is 13.3. The molecule has 0 saturated heterocycles. The Bertz CT molecular complexity index is 1710. The van der Waals surface area contributed by atoms with Crippen molar-refractivity contribution in [2.75, 3.05) is 26.8 Å². The summed E-state index contributed by atoms with van der Waals surface area (Å²) in [4.78, 5) is 25.5. The Labute approximate surface area is 297 Å². The largest absolute Gasteiger partial charge is 0.497 e. The molecule has 0 saturated carbocycles. The van der Waals surface area contributed by atoms with Crippen molar-refractivity contribution in [1.82, 2.24) is 10.6 Å². The van der Waals surface area contributed by atoms with Gasteiger partial charge in [-0.15, -0.1) is 0 Å². The van der Waals surface area contributed by atoms with Crippen LogP contribution in [0.2, 0.25) is 5.02 Å². The molecule has 0 bridgehead atoms. The maximum Gasteiger partial charge on any atom is 0.244 e. The maximum absolute atomic E-state index is 13.0. The van der Waals surface area contributed by atoms with Crippen molar-refractivity contribution >= 4 is 29.0 Å². The van der Waals surface area contributed by atoms with Gasteiger partial charge in [0.15, 0.2) is 0 Å². The number of methoxy groups -OCH3 is 1. The summed E-state index contributed by atoms with van der Waals surface area (Å²) in [6, 6.07) is 13.3. The fourth-order valence-corrected chi connectivity index (χ4v) is 6.72. The van der Waals surface area contributed by atoms with E-state index in [2.05, 4.69) is 63.5 Å². The highest BCUT2D eigenvalue weighted by atomic mass is 35.5. The summed E-state index contributed by atoms with van der Waals surface area (Å²) in [5.74, 6) is 1.18. The van der Waals surface area contributed by atoms with Gasteiger partial charge in [0, 0.05) is 30.1 Å². The van der Waals surface area contributed by atoms with Crippen molar-refractivity contribution < 1.29 is 19.1 Å². The van der Waals surface area contributed by atoms with Gasteiger partial charge in [-0.05, 0) is 117 Å². The molecule has 4 rings (SSSR count). The van der Waals surface area contributed by atoms with E-state index in [0.717, 1.165) is 44.9 Å². The number of ether oxygens (including phenoxy) is 2. The lowest BCUT2D eigenvalue weighted by molar-refractivity contribution is -0.120. The van der Waals surface area contributed by atoms with Crippen LogP contribution >= 0.6 is 11.6 Å². The third-order valence-electron chi connectivity index (χ3n) is 9.41. The highest BCUT2D eigenvalue weighted by Crippen LogP contribution is 2.45. The highest BCUT2D eigenvalue weighted by Gasteiger charge is 2.31. The SMILES string of the molecule is COc1ccc2c(c1)C(CC(=O)NCCNC(=O)/C=C(C)/C=C/C=C(C)\C=C\C1=C(C)CCCC1(C)C)=C(C)C2COc1ccc(Cl)cc1. The minimum Gasteiger partial charge on any atom is -0.497 e. The first-order chi connectivity index (χ1) is 23.4. The standard InChI is InChI=1S/C42H51ClN2O4/c1-28(13-20-39-30(3)12-9-21-42(39,5)6)10-8-11-29(2)24-40(46)44-22-23-45-41(47)26-36-31(4)38(27-49-33-16-14-32(43)15-17-33)35-19-18-34(48-7)25-37(35)36/h8,10-11,13-20,24-25,38H,9,12,21-23,26-27H2,1-7H3,(H,44,46)(H,45,47)/b11-8+,20-13+,28-10-,29-24+. The second kappa shape index (κ2) is 17.4. The van der Waals surface area contributed by atoms with Gasteiger partial charge in [-0.25, -0.2) is 0 Å². The number of rotatable bonds is 14. The van der Waals surface area contributed by atoms with Crippen LogP contribution in [0.3, 0.4) is 0 Å². The summed E-state index contributed by atoms with van der Waals surface area (Å²) >= 11 is 6.02. The van der Waals surface area contributed by atoms with Gasteiger partial charge in [-0.1, -0.05) is 78.6 Å². The average Bonchev–Trinajstić information content (AvgIpc) is 3.31. The summed E-state index contributed by atoms with van der Waals surface area (Å²) in [5, 5.41) is 6.47. The molecule has 2 aromatic rings. The number of halogens is 1. The zero-order chi connectivity index (χ0) is 35.6. The van der Waals surface area contributed by atoms with E-state index in [1.54, 1.807) is 25.3 Å². The summed E-state index contributed by atoms with van der Waals surface area (Å²) in [5.41, 5.74) is 9.31. The van der Waals surface area contributed by atoms with Crippen molar-refractivity contribution in [3.8, 4) is 11.5 Å². The fraction of sp³-hybridized carbons (Fsp3) is 0.381. The molecule has 7 heteroatoms. The van der Waals surface area contributed by atoms with E-state index in [-0.39, 0.29) is 29.6 Å². The molecule has 2 N–H and O–H groups in total. The molecule has 1 atom stereocenters. The number of hydrogen-bond donors (Lipinski definition) is 2. The number of carbonyl (C=O) groups is 2. The molecule has 0 heterocycles. The van der Waals surface area contributed by atoms with E-state index < -0.39 is 0 Å². The first-order valence-electron chi connectivity index (χ1n) is 17.1. The van der Waals surface area contributed by atoms with Crippen LogP contribution in [0.1, 0.15) is 84.3 Å². The fourth-order valence-electron chi connectivity index (χ4n) is 6.59. The Morgan fingerprint density at radius 1 is 0.980 bits per heavy atom. The lowest BCUT2D eigenvalue weighted by atomic mass is 9.72. The quantitative estimate of drug-likeness (QED) is 0.118. The van der Waals surface area contributed by atoms with Gasteiger partial charge in [0.05, 0.1) is 20.1 Å². The third kappa shape index (κ3) is 10.6. The number of benzene rings is 2. The molecule has 49 heavy (non-hydrogen) atoms. The number of carbonyl (C=O) groups excluding carboxylic acids is 2. The Morgan fingerprint density at radius 3 is 2.41 bits per heavy atom. The molecule has 0 fully saturated rings. The van der Waals surface area contributed by atoms with Gasteiger partial charge < -0.3 is 20.1 Å². The molecular weight excluding hydrogens is 632 g/mol. The minimum atomic E-state index is -0.196. The molecule has 2 aliphatic rings. The summed E-state index contributed by atoms with van der Waals surface area (Å²) < 4.78 is 11.6. The van der Waals surface area contributed by atoms with Gasteiger partial charge in [-0.3, -0.25) is 9.59 Å². The van der Waals surface area contributed by atoms with Crippen molar-refractivity contribution in [3.05, 3.63) is 123 Å². The number of fused-ring (bicyclic) bond motifs is 1. The molecule has 0 aliphatic heterocycles. The highest BCUT2D eigenvalue weighted by molar-refractivity contribution is 6.30. The zero-order valence-corrected chi connectivity index (χ0v) is 30.8. The van der Waals surface area contributed by atoms with Crippen molar-refractivity contribution in [2.24, 2.45) is 5.41 Å². The minimum absolute atomic E-state index is 0.00880. The van der Waals surface area contributed by atoms with Crippen LogP contribution in [0.4, 0.5) is 0 Å². The van der Waals surface area contributed by atoms with E-state index in [1.807, 2.05) is 49.4 Å². The summed E-state index contributed by atoms with van der Waals surface area (Å²) in [7, 11) is 1.64. The van der Waals surface area contributed by atoms with Gasteiger partial charge in [0.2, 0.25) is 11.8 Å². The Balaban J connectivity index is 1.26. The van der Waals surface area contributed by atoms with Crippen LogP contribution in [0.25, 0.3) is 5.57 Å². The molecule has 2 aliphatic carbocycles. The van der Waals surface area contributed by atoms with Crippen LogP contribution < -0.4 is 20.1 Å². The Morgan fingerprint density at radius 2 is 1.69 bits per heavy atom. The summed E-state index contributed by atoms with van der Waals surface area (Å²) in [6.07, 6.45) is 15.8. The number of nitrogens with one attached hydrogen (secondary N) is 2. The smallest absolute Gasteiger partial charge is 0.244 e. The van der Waals surface area contributed by atoms with Crippen LogP contribution in [-0.4, -0.2) is 38.6 Å². The predicted molar refractivity (Wildman–Crippen MR) is 202 cm³/mol. The van der Waals surface area contributed by atoms with Crippen molar-refractivity contribution in [2.45, 2.75) is 73.1 Å². The van der Waals surface area contributed by atoms with E-state index in [4.69, 9.17) is 21.1 Å². The molecule has 2 amide bonds. The van der Waals surface area contributed by atoms with Crippen molar-refractivity contribution in [1.29, 1.82) is 0 Å². The molecular formula is C42H51ClN2O4. The maximum atomic E-state index is 13.0. The molecule has 1 unspecified atom stereocenters. The van der Waals surface area contributed by atoms with E-state index in [1.165, 1.54) is 30.4 Å². The van der Waals surface area contributed by atoms with E-state index in [0.29, 0.717) is 24.7 Å². The van der Waals surface area contributed by atoms with E-state index >= 15 is 0 Å². The molecule has 0 spiro atoms. The second-order valence-electron chi connectivity index (χ2n) is 13.7. The number of amides is 2. The van der Waals surface area contributed by atoms with Crippen LogP contribution in [0, 0.1) is 5.41 Å². The van der Waals surface area contributed by atoms with Crippen molar-refractivity contribution in [3.63, 3.8) is 0 Å². The van der Waals surface area contributed by atoms with Gasteiger partial charge in [0.25, 0.3) is 0 Å². The molecule has 260 valence electrons. The third-order valence-corrected chi connectivity index (χ3v) is 9.66. The molecule has 0 radical (unpaired) electrons. The molecule has 0 aromatic heterocycles. The van der Waals surface area contributed by atoms with Gasteiger partial charge in [0.1, 0.15) is 11.5 Å². The Hall–Kier alpha value is -4.29. The average molecular weight is 683 g/mol. The first kappa shape index (κ1) is 37.5. The topological polar surface area (TPSA) is 76.7 Å². The van der Waals surface area contributed by atoms with E-state index in [9.17, 15) is 9.59 Å². The first-order valence-corrected chi connectivity index (χ1v) is 17.5. The summed E-state index contributed by atoms with van der Waals surface area (Å²) in [6.45, 7) is 14.0. The van der Waals surface area contributed by atoms with Crippen LogP contribution in [0.5, 0.6) is 11.5 Å². The normalized spacial score (nSPS) is 17.9. The number of hydrogen-bond acceptors (Lipinski definition) is 4. The monoisotopic (exact) mass is 682 g/mol. The second-order valence-corrected chi connectivity index (χ2v) is 14.1. The van der Waals surface area contributed by atoms with Gasteiger partial charge in [-0.2, -0.15) is 0 Å². The van der Waals surface area contributed by atoms with Crippen LogP contribution in [-0.2, 0) is 9.59 Å². The van der Waals surface area contributed by atoms with Crippen LogP contribution in [0.15, 0.2) is 107 Å². The predicted octanol–water partition coefficient (Wildman–Crippen LogP) is 9.45. The lowest BCUT2D eigenvalue weighted by Crippen LogP contribution is -2.34. The molecule has 2 aromatic carbocycles. The lowest BCUT2D eigenvalue weighted by Gasteiger charge is -2.32. The zero-order valence-electron chi connectivity index (χ0n) is 30.0. The molecule has 6 nitrogen and oxygen atoms in total. The number of allylic oxidation sites excluding steroid dienone is 9.